The average Bonchev–Trinajstić information content (AvgIpc) is 3.47. The normalized spacial score (nSPS) is 16.8. The number of amides is 1. The highest BCUT2D eigenvalue weighted by molar-refractivity contribution is 7.80. The van der Waals surface area contributed by atoms with Gasteiger partial charge in [0.2, 0.25) is 5.91 Å². The number of thiocarbonyl (C=S) groups is 1. The zero-order valence-electron chi connectivity index (χ0n) is 22.4. The van der Waals surface area contributed by atoms with E-state index >= 15 is 0 Å². The molecule has 40 heavy (non-hydrogen) atoms. The molecule has 2 N–H and O–H groups in total. The molecule has 2 atom stereocenters. The minimum absolute atomic E-state index is 0.0555. The van der Waals surface area contributed by atoms with Crippen LogP contribution in [0.25, 0.3) is 16.5 Å². The molecule has 0 saturated carbocycles. The number of hydrogen-bond donors (Lipinski definition) is 2. The molecular weight excluding hydrogens is 516 g/mol. The van der Waals surface area contributed by atoms with Gasteiger partial charge in [-0.3, -0.25) is 14.8 Å². The molecule has 4 heterocycles. The van der Waals surface area contributed by atoms with E-state index in [0.717, 1.165) is 44.8 Å². The molecule has 6 rings (SSSR count). The Labute approximate surface area is 238 Å². The van der Waals surface area contributed by atoms with Gasteiger partial charge in [0.05, 0.1) is 29.7 Å². The van der Waals surface area contributed by atoms with Gasteiger partial charge in [-0.25, -0.2) is 0 Å². The first kappa shape index (κ1) is 25.7. The molecule has 7 nitrogen and oxygen atoms in total. The number of aromatic nitrogens is 3. The van der Waals surface area contributed by atoms with Gasteiger partial charge in [0, 0.05) is 47.8 Å². The van der Waals surface area contributed by atoms with Crippen LogP contribution in [-0.2, 0) is 4.79 Å². The van der Waals surface area contributed by atoms with Crippen LogP contribution in [-0.4, -0.2) is 37.0 Å². The van der Waals surface area contributed by atoms with Gasteiger partial charge in [-0.05, 0) is 73.4 Å². The van der Waals surface area contributed by atoms with E-state index in [0.29, 0.717) is 11.7 Å². The summed E-state index contributed by atoms with van der Waals surface area (Å²) in [5.74, 6) is -0.0555. The molecule has 0 radical (unpaired) electrons. The quantitative estimate of drug-likeness (QED) is 0.243. The van der Waals surface area contributed by atoms with Crippen LogP contribution in [0.15, 0.2) is 97.5 Å². The SMILES string of the molecule is Cc1cc([C@@H]2[C@@H](c3ccccn3)NC(=S)N2CCC(=O)Nc2cccc3ccccc23)c(C)n1-c1cccnc1. The Bertz CT molecular complexity index is 1680. The highest BCUT2D eigenvalue weighted by Gasteiger charge is 2.41. The van der Waals surface area contributed by atoms with Crippen molar-refractivity contribution in [2.75, 3.05) is 11.9 Å². The monoisotopic (exact) mass is 546 g/mol. The fourth-order valence-corrected chi connectivity index (χ4v) is 6.06. The van der Waals surface area contributed by atoms with E-state index in [1.165, 1.54) is 0 Å². The van der Waals surface area contributed by atoms with Crippen molar-refractivity contribution in [1.82, 2.24) is 24.8 Å². The summed E-state index contributed by atoms with van der Waals surface area (Å²) in [6, 6.07) is 25.8. The lowest BCUT2D eigenvalue weighted by molar-refractivity contribution is -0.116. The van der Waals surface area contributed by atoms with Crippen LogP contribution in [0.4, 0.5) is 5.69 Å². The molecular formula is C32H30N6OS. The summed E-state index contributed by atoms with van der Waals surface area (Å²) in [7, 11) is 0. The molecule has 8 heteroatoms. The molecule has 3 aromatic heterocycles. The Balaban J connectivity index is 1.30. The number of rotatable bonds is 7. The molecule has 0 bridgehead atoms. The number of aryl methyl sites for hydroxylation is 1. The zero-order valence-corrected chi connectivity index (χ0v) is 23.2. The maximum Gasteiger partial charge on any atom is 0.226 e. The number of fused-ring (bicyclic) bond motifs is 1. The summed E-state index contributed by atoms with van der Waals surface area (Å²) < 4.78 is 2.21. The number of anilines is 1. The Morgan fingerprint density at radius 1 is 1.00 bits per heavy atom. The maximum absolute atomic E-state index is 13.2. The molecule has 2 aromatic carbocycles. The third kappa shape index (κ3) is 4.82. The van der Waals surface area contributed by atoms with Crippen LogP contribution >= 0.6 is 12.2 Å². The lowest BCUT2D eigenvalue weighted by atomic mass is 9.96. The predicted molar refractivity (Wildman–Crippen MR) is 162 cm³/mol. The van der Waals surface area contributed by atoms with Crippen molar-refractivity contribution in [3.63, 3.8) is 0 Å². The standard InChI is InChI=1S/C32H30N6OS/c1-21-19-26(22(2)38(21)24-11-8-16-33-20-24)31-30(28-13-5-6-17-34-28)36-32(40)37(31)18-15-29(39)35-27-14-7-10-23-9-3-4-12-25(23)27/h3-14,16-17,19-20,30-31H,15,18H2,1-2H3,(H,35,39)(H,36,40)/t30-,31-/m1/s1. The number of pyridine rings is 2. The van der Waals surface area contributed by atoms with Gasteiger partial charge in [-0.15, -0.1) is 0 Å². The Morgan fingerprint density at radius 3 is 2.62 bits per heavy atom. The number of nitrogens with zero attached hydrogens (tertiary/aromatic N) is 4. The van der Waals surface area contributed by atoms with Gasteiger partial charge >= 0.3 is 0 Å². The summed E-state index contributed by atoms with van der Waals surface area (Å²) in [6.45, 7) is 4.69. The maximum atomic E-state index is 13.2. The first-order valence-corrected chi connectivity index (χ1v) is 13.8. The topological polar surface area (TPSA) is 75.1 Å². The van der Waals surface area contributed by atoms with E-state index in [4.69, 9.17) is 12.2 Å². The molecule has 5 aromatic rings. The van der Waals surface area contributed by atoms with Crippen LogP contribution in [0, 0.1) is 13.8 Å². The van der Waals surface area contributed by atoms with Crippen molar-refractivity contribution in [2.24, 2.45) is 0 Å². The van der Waals surface area contributed by atoms with Crippen LogP contribution in [0.3, 0.4) is 0 Å². The predicted octanol–water partition coefficient (Wildman–Crippen LogP) is 6.04. The molecule has 1 fully saturated rings. The Kier molecular flexibility index (Phi) is 7.00. The van der Waals surface area contributed by atoms with E-state index in [1.807, 2.05) is 72.9 Å². The number of carbonyl (C=O) groups excluding carboxylic acids is 1. The van der Waals surface area contributed by atoms with Crippen molar-refractivity contribution in [1.29, 1.82) is 0 Å². The van der Waals surface area contributed by atoms with Crippen molar-refractivity contribution < 1.29 is 4.79 Å². The molecule has 1 saturated heterocycles. The van der Waals surface area contributed by atoms with Gasteiger partial charge in [-0.1, -0.05) is 42.5 Å². The number of nitrogens with one attached hydrogen (secondary N) is 2. The average molecular weight is 547 g/mol. The first-order chi connectivity index (χ1) is 19.5. The van der Waals surface area contributed by atoms with E-state index in [-0.39, 0.29) is 24.4 Å². The van der Waals surface area contributed by atoms with Crippen molar-refractivity contribution >= 4 is 39.7 Å². The van der Waals surface area contributed by atoms with E-state index in [1.54, 1.807) is 12.4 Å². The van der Waals surface area contributed by atoms with Crippen LogP contribution < -0.4 is 10.6 Å². The summed E-state index contributed by atoms with van der Waals surface area (Å²) in [6.07, 6.45) is 5.74. The molecule has 0 aliphatic carbocycles. The molecule has 0 spiro atoms. The smallest absolute Gasteiger partial charge is 0.226 e. The second-order valence-corrected chi connectivity index (χ2v) is 10.4. The minimum Gasteiger partial charge on any atom is -0.352 e. The number of hydrogen-bond acceptors (Lipinski definition) is 4. The minimum atomic E-state index is -0.155. The molecule has 1 aliphatic rings. The lowest BCUT2D eigenvalue weighted by Gasteiger charge is -2.28. The summed E-state index contributed by atoms with van der Waals surface area (Å²) in [5, 5.41) is 9.35. The fraction of sp³-hybridized carbons (Fsp3) is 0.188. The fourth-order valence-electron chi connectivity index (χ4n) is 5.72. The Hall–Kier alpha value is -4.56. The first-order valence-electron chi connectivity index (χ1n) is 13.4. The summed E-state index contributed by atoms with van der Waals surface area (Å²) in [4.78, 5) is 24.3. The third-order valence-electron chi connectivity index (χ3n) is 7.53. The molecule has 1 amide bonds. The van der Waals surface area contributed by atoms with Gasteiger partial charge < -0.3 is 20.1 Å². The van der Waals surface area contributed by atoms with Crippen molar-refractivity contribution in [2.45, 2.75) is 32.4 Å². The van der Waals surface area contributed by atoms with E-state index in [2.05, 4.69) is 56.0 Å². The largest absolute Gasteiger partial charge is 0.352 e. The van der Waals surface area contributed by atoms with Gasteiger partial charge in [-0.2, -0.15) is 0 Å². The van der Waals surface area contributed by atoms with Crippen molar-refractivity contribution in [3.05, 3.63) is 120 Å². The van der Waals surface area contributed by atoms with Crippen molar-refractivity contribution in [3.8, 4) is 5.69 Å². The van der Waals surface area contributed by atoms with Crippen LogP contribution in [0.5, 0.6) is 0 Å². The molecule has 1 aliphatic heterocycles. The number of benzene rings is 2. The summed E-state index contributed by atoms with van der Waals surface area (Å²) in [5.41, 5.74) is 6.07. The summed E-state index contributed by atoms with van der Waals surface area (Å²) >= 11 is 5.85. The van der Waals surface area contributed by atoms with Crippen LogP contribution in [0.2, 0.25) is 0 Å². The zero-order chi connectivity index (χ0) is 27.6. The molecule has 0 unspecified atom stereocenters. The van der Waals surface area contributed by atoms with Gasteiger partial charge in [0.1, 0.15) is 0 Å². The lowest BCUT2D eigenvalue weighted by Crippen LogP contribution is -2.33. The van der Waals surface area contributed by atoms with Gasteiger partial charge in [0.25, 0.3) is 0 Å². The Morgan fingerprint density at radius 2 is 1.82 bits per heavy atom. The highest BCUT2D eigenvalue weighted by atomic mass is 32.1. The number of carbonyl (C=O) groups is 1. The second-order valence-electron chi connectivity index (χ2n) is 10.0. The van der Waals surface area contributed by atoms with E-state index in [9.17, 15) is 4.79 Å². The molecule has 200 valence electrons. The van der Waals surface area contributed by atoms with E-state index < -0.39 is 0 Å². The van der Waals surface area contributed by atoms with Gasteiger partial charge in [0.15, 0.2) is 5.11 Å². The highest BCUT2D eigenvalue weighted by Crippen LogP contribution is 2.41. The van der Waals surface area contributed by atoms with Crippen LogP contribution in [0.1, 0.15) is 41.1 Å². The second kappa shape index (κ2) is 10.9. The third-order valence-corrected chi connectivity index (χ3v) is 7.89.